The van der Waals surface area contributed by atoms with Gasteiger partial charge in [-0.05, 0) is 71.5 Å². The summed E-state index contributed by atoms with van der Waals surface area (Å²) in [6.45, 7) is 1.78. The fourth-order valence-electron chi connectivity index (χ4n) is 4.72. The van der Waals surface area contributed by atoms with Crippen LogP contribution in [-0.2, 0) is 7.05 Å². The predicted octanol–water partition coefficient (Wildman–Crippen LogP) is 4.80. The smallest absolute Gasteiger partial charge is 0.344 e. The van der Waals surface area contributed by atoms with E-state index in [2.05, 4.69) is 0 Å². The van der Waals surface area contributed by atoms with Crippen molar-refractivity contribution in [2.45, 2.75) is 12.8 Å². The van der Waals surface area contributed by atoms with Gasteiger partial charge in [-0.25, -0.2) is 9.48 Å². The Morgan fingerprint density at radius 1 is 0.946 bits per heavy atom. The van der Waals surface area contributed by atoms with Crippen LogP contribution in [-0.4, -0.2) is 26.7 Å². The second-order valence-electron chi connectivity index (χ2n) is 8.61. The first-order valence-corrected chi connectivity index (χ1v) is 12.5. The van der Waals surface area contributed by atoms with E-state index in [0.29, 0.717) is 25.9 Å². The number of para-hydroxylation sites is 2. The molecule has 0 saturated carbocycles. The van der Waals surface area contributed by atoms with Gasteiger partial charge in [-0.15, -0.1) is 0 Å². The van der Waals surface area contributed by atoms with Crippen molar-refractivity contribution in [1.82, 2.24) is 9.36 Å². The lowest BCUT2D eigenvalue weighted by Crippen LogP contribution is -2.24. The molecule has 1 atom stereocenters. The van der Waals surface area contributed by atoms with Gasteiger partial charge in [0.1, 0.15) is 11.3 Å². The van der Waals surface area contributed by atoms with E-state index >= 15 is 0 Å². The molecule has 5 rings (SSSR count). The maximum Gasteiger partial charge on any atom is 0.344 e. The lowest BCUT2D eigenvalue weighted by molar-refractivity contribution is 0.371. The summed E-state index contributed by atoms with van der Waals surface area (Å²) in [4.78, 5) is 27.4. The molecule has 9 heteroatoms. The Balaban J connectivity index is 1.91. The Hall–Kier alpha value is -3.99. The van der Waals surface area contributed by atoms with E-state index in [-0.39, 0.29) is 39.5 Å². The zero-order valence-electron chi connectivity index (χ0n) is 20.2. The molecule has 2 aromatic heterocycles. The van der Waals surface area contributed by atoms with Crippen molar-refractivity contribution < 1.29 is 19.4 Å². The van der Waals surface area contributed by atoms with Gasteiger partial charge in [0.15, 0.2) is 11.5 Å². The van der Waals surface area contributed by atoms with Gasteiger partial charge >= 0.3 is 5.63 Å². The third kappa shape index (κ3) is 3.99. The zero-order chi connectivity index (χ0) is 26.4. The van der Waals surface area contributed by atoms with E-state index in [1.54, 1.807) is 55.1 Å². The highest BCUT2D eigenvalue weighted by molar-refractivity contribution is 14.1. The number of methoxy groups -OCH3 is 1. The molecule has 0 saturated heterocycles. The molecule has 0 aliphatic carbocycles. The van der Waals surface area contributed by atoms with Crippen LogP contribution in [0.2, 0.25) is 0 Å². The second kappa shape index (κ2) is 9.47. The molecule has 2 N–H and O–H groups in total. The molecule has 0 fully saturated rings. The van der Waals surface area contributed by atoms with Gasteiger partial charge in [-0.3, -0.25) is 9.48 Å². The average molecular weight is 610 g/mol. The van der Waals surface area contributed by atoms with E-state index < -0.39 is 11.5 Å². The molecular formula is C28H23IN2O6. The molecule has 8 nitrogen and oxygen atoms in total. The van der Waals surface area contributed by atoms with Crippen LogP contribution in [0.5, 0.6) is 17.2 Å². The lowest BCUT2D eigenvalue weighted by atomic mass is 9.84. The summed E-state index contributed by atoms with van der Waals surface area (Å²) in [5.74, 6) is -1.18. The highest BCUT2D eigenvalue weighted by Gasteiger charge is 2.33. The number of halogens is 1. The fraction of sp³-hybridized carbons (Fsp3) is 0.143. The van der Waals surface area contributed by atoms with E-state index in [1.807, 2.05) is 52.9 Å². The third-order valence-electron chi connectivity index (χ3n) is 6.60. The van der Waals surface area contributed by atoms with Crippen molar-refractivity contribution in [2.75, 3.05) is 7.11 Å². The Labute approximate surface area is 225 Å². The number of rotatable bonds is 5. The highest BCUT2D eigenvalue weighted by atomic mass is 127. The standard InChI is InChI=1S/C28H23IN2O6/c1-15-22(27(34)31(30(15)2)17-9-5-4-6-10-17)23(16-13-19(29)26(33)21(14-16)36-3)24-25(32)18-11-7-8-12-20(18)37-28(24)35/h4-14,23,32-33H,1-3H3/t23-/m1/s1. The van der Waals surface area contributed by atoms with E-state index in [9.17, 15) is 19.8 Å². The first kappa shape index (κ1) is 24.7. The van der Waals surface area contributed by atoms with Crippen molar-refractivity contribution >= 4 is 33.6 Å². The summed E-state index contributed by atoms with van der Waals surface area (Å²) < 4.78 is 14.6. The molecule has 0 unspecified atom stereocenters. The van der Waals surface area contributed by atoms with Gasteiger partial charge in [0.2, 0.25) is 0 Å². The molecule has 3 aromatic carbocycles. The number of hydrogen-bond acceptors (Lipinski definition) is 6. The molecule has 0 aliphatic heterocycles. The predicted molar refractivity (Wildman–Crippen MR) is 148 cm³/mol. The lowest BCUT2D eigenvalue weighted by Gasteiger charge is -2.20. The molecular weight excluding hydrogens is 587 g/mol. The van der Waals surface area contributed by atoms with Crippen LogP contribution in [0.4, 0.5) is 0 Å². The van der Waals surface area contributed by atoms with Crippen LogP contribution in [0.25, 0.3) is 16.7 Å². The summed E-state index contributed by atoms with van der Waals surface area (Å²) in [6, 6.07) is 19.0. The minimum Gasteiger partial charge on any atom is -0.507 e. The van der Waals surface area contributed by atoms with Crippen molar-refractivity contribution in [3.63, 3.8) is 0 Å². The number of hydrogen-bond donors (Lipinski definition) is 2. The number of benzene rings is 3. The second-order valence-corrected chi connectivity index (χ2v) is 9.77. The first-order valence-electron chi connectivity index (χ1n) is 11.4. The van der Waals surface area contributed by atoms with Crippen molar-refractivity contribution in [3.05, 3.63) is 113 Å². The number of fused-ring (bicyclic) bond motifs is 1. The summed E-state index contributed by atoms with van der Waals surface area (Å²) >= 11 is 1.96. The minimum atomic E-state index is -1.02. The van der Waals surface area contributed by atoms with E-state index in [0.717, 1.165) is 0 Å². The summed E-state index contributed by atoms with van der Waals surface area (Å²) in [5, 5.41) is 22.2. The fourth-order valence-corrected chi connectivity index (χ4v) is 5.34. The Morgan fingerprint density at radius 2 is 1.62 bits per heavy atom. The topological polar surface area (TPSA) is 107 Å². The van der Waals surface area contributed by atoms with Crippen molar-refractivity contribution in [1.29, 1.82) is 0 Å². The SMILES string of the molecule is COc1cc([C@@H](c2c(O)c3ccccc3oc2=O)c2c(C)n(C)n(-c3ccccc3)c2=O)cc(I)c1O. The molecule has 5 aromatic rings. The van der Waals surface area contributed by atoms with Crippen LogP contribution in [0.1, 0.15) is 28.3 Å². The maximum atomic E-state index is 14.0. The summed E-state index contributed by atoms with van der Waals surface area (Å²) in [5.41, 5.74) is 1.03. The molecule has 0 aliphatic rings. The molecule has 0 radical (unpaired) electrons. The van der Waals surface area contributed by atoms with Crippen LogP contribution >= 0.6 is 22.6 Å². The number of aromatic hydroxyl groups is 2. The molecule has 188 valence electrons. The molecule has 37 heavy (non-hydrogen) atoms. The van der Waals surface area contributed by atoms with Gasteiger partial charge in [0.25, 0.3) is 5.56 Å². The Morgan fingerprint density at radius 3 is 2.32 bits per heavy atom. The van der Waals surface area contributed by atoms with Gasteiger partial charge < -0.3 is 19.4 Å². The Bertz CT molecular complexity index is 1770. The average Bonchev–Trinajstić information content (AvgIpc) is 3.11. The largest absolute Gasteiger partial charge is 0.507 e. The minimum absolute atomic E-state index is 0.0631. The van der Waals surface area contributed by atoms with Gasteiger partial charge in [0.05, 0.1) is 38.8 Å². The maximum absolute atomic E-state index is 14.0. The third-order valence-corrected chi connectivity index (χ3v) is 7.42. The number of phenols is 1. The van der Waals surface area contributed by atoms with E-state index in [4.69, 9.17) is 9.15 Å². The van der Waals surface area contributed by atoms with Crippen molar-refractivity contribution in [2.24, 2.45) is 7.05 Å². The van der Waals surface area contributed by atoms with Gasteiger partial charge in [0, 0.05) is 12.7 Å². The summed E-state index contributed by atoms with van der Waals surface area (Å²) in [7, 11) is 3.18. The van der Waals surface area contributed by atoms with Crippen molar-refractivity contribution in [3.8, 4) is 22.9 Å². The normalized spacial score (nSPS) is 12.1. The number of ether oxygens (including phenoxy) is 1. The zero-order valence-corrected chi connectivity index (χ0v) is 22.4. The summed E-state index contributed by atoms with van der Waals surface area (Å²) in [6.07, 6.45) is 0. The number of phenolic OH excluding ortho intramolecular Hbond substituents is 1. The van der Waals surface area contributed by atoms with Crippen LogP contribution < -0.4 is 15.9 Å². The monoisotopic (exact) mass is 610 g/mol. The van der Waals surface area contributed by atoms with Crippen LogP contribution in [0.3, 0.4) is 0 Å². The molecule has 0 amide bonds. The molecule has 2 heterocycles. The first-order chi connectivity index (χ1) is 17.7. The molecule has 0 spiro atoms. The quantitative estimate of drug-likeness (QED) is 0.219. The van der Waals surface area contributed by atoms with Crippen LogP contribution in [0.15, 0.2) is 80.7 Å². The highest BCUT2D eigenvalue weighted by Crippen LogP contribution is 2.42. The van der Waals surface area contributed by atoms with E-state index in [1.165, 1.54) is 11.8 Å². The van der Waals surface area contributed by atoms with Gasteiger partial charge in [-0.2, -0.15) is 0 Å². The Kier molecular flexibility index (Phi) is 6.32. The van der Waals surface area contributed by atoms with Gasteiger partial charge in [-0.1, -0.05) is 30.3 Å². The number of nitrogens with zero attached hydrogens (tertiary/aromatic N) is 2. The van der Waals surface area contributed by atoms with Crippen LogP contribution in [0, 0.1) is 10.5 Å². The molecule has 0 bridgehead atoms. The number of aromatic nitrogens is 2.